The second-order valence-corrected chi connectivity index (χ2v) is 15.7. The van der Waals surface area contributed by atoms with Crippen LogP contribution in [0.1, 0.15) is 47.1 Å². The molecule has 1 aliphatic rings. The Labute approximate surface area is 329 Å². The van der Waals surface area contributed by atoms with E-state index in [1.807, 2.05) is 121 Å². The lowest BCUT2D eigenvalue weighted by atomic mass is 9.91. The highest BCUT2D eigenvalue weighted by Gasteiger charge is 2.38. The number of benzene rings is 5. The highest BCUT2D eigenvalue weighted by Crippen LogP contribution is 2.44. The molecular formula is C44H43N3O6S2. The third-order valence-electron chi connectivity index (χ3n) is 9.79. The molecule has 2 amide bonds. The van der Waals surface area contributed by atoms with Gasteiger partial charge in [-0.1, -0.05) is 134 Å². The number of amides is 2. The highest BCUT2D eigenvalue weighted by atomic mass is 32.2. The number of nitrogens with one attached hydrogen (secondary N) is 2. The van der Waals surface area contributed by atoms with E-state index in [-0.39, 0.29) is 31.3 Å². The fourth-order valence-corrected chi connectivity index (χ4v) is 8.98. The van der Waals surface area contributed by atoms with Gasteiger partial charge in [-0.2, -0.15) is 0 Å². The van der Waals surface area contributed by atoms with E-state index in [4.69, 9.17) is 19.2 Å². The molecule has 1 aliphatic heterocycles. The summed E-state index contributed by atoms with van der Waals surface area (Å²) in [5, 5.41) is 15.3. The number of nitrogens with zero attached hydrogens (tertiary/aromatic N) is 1. The number of aromatic nitrogens is 1. The van der Waals surface area contributed by atoms with Crippen LogP contribution in [0.25, 0.3) is 21.3 Å². The number of fused-ring (bicyclic) bond motifs is 1. The molecule has 0 saturated carbocycles. The largest absolute Gasteiger partial charge is 0.467 e. The summed E-state index contributed by atoms with van der Waals surface area (Å²) in [6, 6.07) is 40.4. The summed E-state index contributed by atoms with van der Waals surface area (Å²) >= 11 is 3.40. The average molecular weight is 774 g/mol. The number of ether oxygens (including phenoxy) is 3. The zero-order chi connectivity index (χ0) is 38.1. The number of carbonyl (C=O) groups is 2. The van der Waals surface area contributed by atoms with E-state index in [2.05, 4.69) is 23.6 Å². The molecule has 5 unspecified atom stereocenters. The molecule has 1 aromatic heterocycles. The van der Waals surface area contributed by atoms with Crippen LogP contribution in [0, 0.1) is 5.92 Å². The second kappa shape index (κ2) is 18.1. The first-order chi connectivity index (χ1) is 26.9. The summed E-state index contributed by atoms with van der Waals surface area (Å²) in [7, 11) is 1.31. The van der Waals surface area contributed by atoms with Crippen LogP contribution >= 0.6 is 23.1 Å². The van der Waals surface area contributed by atoms with E-state index in [1.54, 1.807) is 23.1 Å². The number of esters is 1. The van der Waals surface area contributed by atoms with Gasteiger partial charge in [0.2, 0.25) is 0 Å². The number of aliphatic hydroxyl groups excluding tert-OH is 1. The van der Waals surface area contributed by atoms with E-state index in [0.717, 1.165) is 53.5 Å². The number of aliphatic hydroxyl groups is 1. The van der Waals surface area contributed by atoms with Gasteiger partial charge >= 0.3 is 12.0 Å². The maximum absolute atomic E-state index is 13.0. The number of thioether (sulfide) groups is 1. The molecule has 7 rings (SSSR count). The van der Waals surface area contributed by atoms with E-state index in [9.17, 15) is 14.7 Å². The standard InChI is InChI=1S/C44H43N3O6S2/c1-28-38(27-54-44-47-36-14-8-9-15-39(36)55-44)52-42(53-40(28)32-18-16-30(26-48)17-19-32)33-22-20-31(21-23-33)35-13-7-6-12-34(35)25-45-43(50)46-37(41(49)51-2)24-29-10-4-3-5-11-29/h3-23,28,37-38,40,42,48H,24-27H2,1-2H3,(H2,45,46,50). The summed E-state index contributed by atoms with van der Waals surface area (Å²) in [4.78, 5) is 30.3. The Kier molecular flexibility index (Phi) is 12.6. The number of carbonyl (C=O) groups excluding carboxylic acids is 2. The Morgan fingerprint density at radius 3 is 2.31 bits per heavy atom. The molecule has 0 spiro atoms. The van der Waals surface area contributed by atoms with Crippen molar-refractivity contribution in [3.63, 3.8) is 0 Å². The van der Waals surface area contributed by atoms with Crippen molar-refractivity contribution in [2.75, 3.05) is 12.9 Å². The van der Waals surface area contributed by atoms with E-state index < -0.39 is 24.3 Å². The highest BCUT2D eigenvalue weighted by molar-refractivity contribution is 8.01. The maximum Gasteiger partial charge on any atom is 0.328 e. The molecule has 0 bridgehead atoms. The third-order valence-corrected chi connectivity index (χ3v) is 12.1. The fourth-order valence-electron chi connectivity index (χ4n) is 6.72. The van der Waals surface area contributed by atoms with Gasteiger partial charge in [-0.25, -0.2) is 14.6 Å². The third kappa shape index (κ3) is 9.44. The first-order valence-corrected chi connectivity index (χ1v) is 20.0. The van der Waals surface area contributed by atoms with Gasteiger partial charge in [0.05, 0.1) is 36.1 Å². The molecule has 5 atom stereocenters. The summed E-state index contributed by atoms with van der Waals surface area (Å²) < 4.78 is 20.5. The number of hydrogen-bond donors (Lipinski definition) is 3. The normalized spacial score (nSPS) is 18.7. The minimum Gasteiger partial charge on any atom is -0.467 e. The van der Waals surface area contributed by atoms with Gasteiger partial charge in [0, 0.05) is 30.2 Å². The van der Waals surface area contributed by atoms with Crippen molar-refractivity contribution in [3.8, 4) is 11.1 Å². The van der Waals surface area contributed by atoms with Crippen LogP contribution in [0.4, 0.5) is 4.79 Å². The van der Waals surface area contributed by atoms with Crippen LogP contribution in [-0.2, 0) is 38.6 Å². The lowest BCUT2D eigenvalue weighted by molar-refractivity contribution is -0.268. The van der Waals surface area contributed by atoms with Gasteiger partial charge < -0.3 is 30.0 Å². The minimum absolute atomic E-state index is 0.0160. The predicted octanol–water partition coefficient (Wildman–Crippen LogP) is 8.62. The van der Waals surface area contributed by atoms with Crippen molar-refractivity contribution >= 4 is 45.3 Å². The first kappa shape index (κ1) is 38.2. The molecular weight excluding hydrogens is 731 g/mol. The Balaban J connectivity index is 1.05. The summed E-state index contributed by atoms with van der Waals surface area (Å²) in [6.45, 7) is 2.40. The molecule has 1 saturated heterocycles. The van der Waals surface area contributed by atoms with Gasteiger partial charge in [0.25, 0.3) is 0 Å². The van der Waals surface area contributed by atoms with Gasteiger partial charge in [-0.3, -0.25) is 0 Å². The molecule has 6 aromatic rings. The molecule has 2 heterocycles. The van der Waals surface area contributed by atoms with E-state index in [0.29, 0.717) is 12.2 Å². The van der Waals surface area contributed by atoms with Crippen molar-refractivity contribution in [2.45, 2.75) is 55.4 Å². The summed E-state index contributed by atoms with van der Waals surface area (Å²) in [6.07, 6.45) is -0.636. The number of hydrogen-bond acceptors (Lipinski definition) is 9. The summed E-state index contributed by atoms with van der Waals surface area (Å²) in [5.41, 5.74) is 7.55. The maximum atomic E-state index is 13.0. The number of para-hydroxylation sites is 1. The zero-order valence-corrected chi connectivity index (χ0v) is 32.2. The number of urea groups is 1. The number of methoxy groups -OCH3 is 1. The predicted molar refractivity (Wildman–Crippen MR) is 217 cm³/mol. The van der Waals surface area contributed by atoms with Gasteiger partial charge in [-0.15, -0.1) is 11.3 Å². The van der Waals surface area contributed by atoms with Gasteiger partial charge in [0.15, 0.2) is 10.6 Å². The van der Waals surface area contributed by atoms with Crippen molar-refractivity contribution in [3.05, 3.63) is 155 Å². The van der Waals surface area contributed by atoms with Crippen LogP contribution in [0.2, 0.25) is 0 Å². The van der Waals surface area contributed by atoms with Crippen molar-refractivity contribution in [1.82, 2.24) is 15.6 Å². The minimum atomic E-state index is -0.826. The quantitative estimate of drug-likeness (QED) is 0.0789. The van der Waals surface area contributed by atoms with Crippen LogP contribution in [0.3, 0.4) is 0 Å². The molecule has 11 heteroatoms. The average Bonchev–Trinajstić information content (AvgIpc) is 3.66. The Bertz CT molecular complexity index is 2160. The van der Waals surface area contributed by atoms with Crippen molar-refractivity contribution in [1.29, 1.82) is 0 Å². The SMILES string of the molecule is COC(=O)C(Cc1ccccc1)NC(=O)NCc1ccccc1-c1ccc(C2OC(CSc3nc4ccccc4s3)C(C)C(c3ccc(CO)cc3)O2)cc1. The second-order valence-electron chi connectivity index (χ2n) is 13.5. The molecule has 55 heavy (non-hydrogen) atoms. The lowest BCUT2D eigenvalue weighted by Crippen LogP contribution is -2.47. The van der Waals surface area contributed by atoms with Crippen LogP contribution < -0.4 is 10.6 Å². The Morgan fingerprint density at radius 1 is 0.855 bits per heavy atom. The number of rotatable bonds is 13. The molecule has 1 fully saturated rings. The molecule has 0 aliphatic carbocycles. The molecule has 9 nitrogen and oxygen atoms in total. The fraction of sp³-hybridized carbons (Fsp3) is 0.250. The Hall–Kier alpha value is -5.04. The van der Waals surface area contributed by atoms with Crippen LogP contribution in [-0.4, -0.2) is 47.1 Å². The first-order valence-electron chi connectivity index (χ1n) is 18.2. The van der Waals surface area contributed by atoms with Gasteiger partial charge in [0.1, 0.15) is 6.04 Å². The smallest absolute Gasteiger partial charge is 0.328 e. The van der Waals surface area contributed by atoms with Crippen LogP contribution in [0.15, 0.2) is 132 Å². The Morgan fingerprint density at radius 2 is 1.56 bits per heavy atom. The van der Waals surface area contributed by atoms with Crippen molar-refractivity contribution < 1.29 is 28.9 Å². The summed E-state index contributed by atoms with van der Waals surface area (Å²) in [5.74, 6) is 0.254. The van der Waals surface area contributed by atoms with E-state index >= 15 is 0 Å². The zero-order valence-electron chi connectivity index (χ0n) is 30.6. The van der Waals surface area contributed by atoms with Crippen LogP contribution in [0.5, 0.6) is 0 Å². The monoisotopic (exact) mass is 773 g/mol. The van der Waals surface area contributed by atoms with Gasteiger partial charge in [-0.05, 0) is 45.5 Å². The molecule has 3 N–H and O–H groups in total. The molecule has 282 valence electrons. The van der Waals surface area contributed by atoms with E-state index in [1.165, 1.54) is 7.11 Å². The van der Waals surface area contributed by atoms with Crippen molar-refractivity contribution in [2.24, 2.45) is 5.92 Å². The number of thiazole rings is 1. The topological polar surface area (TPSA) is 119 Å². The molecule has 5 aromatic carbocycles. The molecule has 0 radical (unpaired) electrons. The lowest BCUT2D eigenvalue weighted by Gasteiger charge is -2.41.